The molecule has 1 aliphatic carbocycles. The van der Waals surface area contributed by atoms with Crippen molar-refractivity contribution in [3.63, 3.8) is 0 Å². The highest BCUT2D eigenvalue weighted by Gasteiger charge is 2.43. The van der Waals surface area contributed by atoms with Crippen molar-refractivity contribution in [3.8, 4) is 17.3 Å². The normalized spacial score (nSPS) is 21.0. The molecule has 3 aromatic heterocycles. The van der Waals surface area contributed by atoms with Gasteiger partial charge in [-0.3, -0.25) is 5.10 Å². The lowest BCUT2D eigenvalue weighted by Crippen LogP contribution is -2.47. The zero-order valence-electron chi connectivity index (χ0n) is 16.1. The van der Waals surface area contributed by atoms with E-state index in [9.17, 15) is 5.26 Å². The second kappa shape index (κ2) is 6.67. The highest BCUT2D eigenvalue weighted by atomic mass is 15.2. The van der Waals surface area contributed by atoms with E-state index in [1.54, 1.807) is 12.3 Å². The molecule has 0 amide bonds. The standard InChI is InChI=1S/C20H23N9/c21-9-12-10-24-15(23)8-13(12)17-18-19(28-27-17)26-16(11-25-18)29-6-4-20(5-7-29)3-1-2-14(20)22/h8,10-11,14H,1-7,22H2,(H2,23,24)(H,26,27,28)/t14-/m1/s1. The number of nitrogens with one attached hydrogen (secondary N) is 1. The lowest BCUT2D eigenvalue weighted by molar-refractivity contribution is 0.197. The van der Waals surface area contributed by atoms with Gasteiger partial charge >= 0.3 is 0 Å². The van der Waals surface area contributed by atoms with E-state index in [2.05, 4.69) is 31.1 Å². The molecule has 5 rings (SSSR count). The van der Waals surface area contributed by atoms with E-state index >= 15 is 0 Å². The molecule has 5 N–H and O–H groups in total. The summed E-state index contributed by atoms with van der Waals surface area (Å²) in [5.41, 5.74) is 15.3. The molecule has 0 radical (unpaired) electrons. The molecule has 1 atom stereocenters. The Hall–Kier alpha value is -3.25. The van der Waals surface area contributed by atoms with Gasteiger partial charge in [-0.25, -0.2) is 15.0 Å². The van der Waals surface area contributed by atoms with Crippen LogP contribution in [0.3, 0.4) is 0 Å². The molecule has 9 nitrogen and oxygen atoms in total. The number of hydrogen-bond donors (Lipinski definition) is 3. The van der Waals surface area contributed by atoms with Crippen LogP contribution >= 0.6 is 0 Å². The Bertz CT molecular complexity index is 1100. The van der Waals surface area contributed by atoms with Crippen molar-refractivity contribution < 1.29 is 0 Å². The van der Waals surface area contributed by atoms with Crippen molar-refractivity contribution in [2.45, 2.75) is 38.1 Å². The van der Waals surface area contributed by atoms with E-state index in [0.717, 1.165) is 38.2 Å². The van der Waals surface area contributed by atoms with E-state index in [1.165, 1.54) is 19.0 Å². The van der Waals surface area contributed by atoms with Crippen LogP contribution in [0.4, 0.5) is 11.6 Å². The van der Waals surface area contributed by atoms with Crippen molar-refractivity contribution in [1.29, 1.82) is 5.26 Å². The fraction of sp³-hybridized carbons (Fsp3) is 0.450. The molecule has 148 valence electrons. The number of H-pyrrole nitrogens is 1. The molecule has 2 fully saturated rings. The van der Waals surface area contributed by atoms with Crippen LogP contribution < -0.4 is 16.4 Å². The maximum Gasteiger partial charge on any atom is 0.177 e. The second-order valence-corrected chi connectivity index (χ2v) is 8.11. The van der Waals surface area contributed by atoms with E-state index in [4.69, 9.17) is 16.5 Å². The monoisotopic (exact) mass is 389 g/mol. The van der Waals surface area contributed by atoms with Crippen LogP contribution in [0, 0.1) is 16.7 Å². The summed E-state index contributed by atoms with van der Waals surface area (Å²) in [6, 6.07) is 4.09. The summed E-state index contributed by atoms with van der Waals surface area (Å²) in [7, 11) is 0. The minimum atomic E-state index is 0.310. The molecule has 1 saturated carbocycles. The highest BCUT2D eigenvalue weighted by Crippen LogP contribution is 2.45. The summed E-state index contributed by atoms with van der Waals surface area (Å²) in [5, 5.41) is 16.7. The Morgan fingerprint density at radius 3 is 2.76 bits per heavy atom. The fourth-order valence-corrected chi connectivity index (χ4v) is 4.86. The minimum Gasteiger partial charge on any atom is -0.384 e. The Morgan fingerprint density at radius 1 is 1.21 bits per heavy atom. The van der Waals surface area contributed by atoms with Crippen molar-refractivity contribution in [3.05, 3.63) is 24.0 Å². The Labute approximate surface area is 168 Å². The number of nitriles is 1. The molecule has 29 heavy (non-hydrogen) atoms. The van der Waals surface area contributed by atoms with Gasteiger partial charge in [-0.15, -0.1) is 0 Å². The Kier molecular flexibility index (Phi) is 4.10. The van der Waals surface area contributed by atoms with Crippen molar-refractivity contribution >= 4 is 22.8 Å². The molecule has 1 saturated heterocycles. The topological polar surface area (TPSA) is 146 Å². The first kappa shape index (κ1) is 17.8. The molecular weight excluding hydrogens is 366 g/mol. The Morgan fingerprint density at radius 2 is 2.03 bits per heavy atom. The van der Waals surface area contributed by atoms with Crippen LogP contribution in [0.2, 0.25) is 0 Å². The smallest absolute Gasteiger partial charge is 0.177 e. The number of aromatic amines is 1. The number of hydrogen-bond acceptors (Lipinski definition) is 8. The van der Waals surface area contributed by atoms with Crippen LogP contribution in [0.1, 0.15) is 37.7 Å². The van der Waals surface area contributed by atoms with Gasteiger partial charge in [-0.1, -0.05) is 6.42 Å². The van der Waals surface area contributed by atoms with Crippen molar-refractivity contribution in [1.82, 2.24) is 25.1 Å². The first-order valence-electron chi connectivity index (χ1n) is 9.97. The molecule has 2 aliphatic rings. The number of anilines is 2. The number of nitrogen functional groups attached to an aromatic ring is 1. The zero-order valence-corrected chi connectivity index (χ0v) is 16.1. The molecule has 9 heteroatoms. The quantitative estimate of drug-likeness (QED) is 0.603. The van der Waals surface area contributed by atoms with Gasteiger partial charge in [0.05, 0.1) is 11.8 Å². The number of pyridine rings is 1. The minimum absolute atomic E-state index is 0.310. The predicted octanol–water partition coefficient (Wildman–Crippen LogP) is 1.97. The lowest BCUT2D eigenvalue weighted by Gasteiger charge is -2.42. The van der Waals surface area contributed by atoms with Gasteiger partial charge < -0.3 is 16.4 Å². The average Bonchev–Trinajstić information content (AvgIpc) is 3.32. The first-order chi connectivity index (χ1) is 14.1. The van der Waals surface area contributed by atoms with Crippen LogP contribution in [-0.2, 0) is 0 Å². The molecule has 4 heterocycles. The van der Waals surface area contributed by atoms with Gasteiger partial charge in [0.2, 0.25) is 0 Å². The summed E-state index contributed by atoms with van der Waals surface area (Å²) in [6.07, 6.45) is 9.07. The summed E-state index contributed by atoms with van der Waals surface area (Å²) in [4.78, 5) is 15.6. The van der Waals surface area contributed by atoms with E-state index < -0.39 is 0 Å². The summed E-state index contributed by atoms with van der Waals surface area (Å²) in [5.74, 6) is 1.16. The molecule has 0 bridgehead atoms. The predicted molar refractivity (Wildman–Crippen MR) is 110 cm³/mol. The van der Waals surface area contributed by atoms with E-state index in [-0.39, 0.29) is 0 Å². The van der Waals surface area contributed by atoms with Gasteiger partial charge in [0.25, 0.3) is 0 Å². The number of fused-ring (bicyclic) bond motifs is 1. The third-order valence-corrected chi connectivity index (χ3v) is 6.62. The van der Waals surface area contributed by atoms with Gasteiger partial charge in [0.15, 0.2) is 5.65 Å². The molecule has 0 unspecified atom stereocenters. The molecule has 3 aromatic rings. The zero-order chi connectivity index (χ0) is 20.0. The van der Waals surface area contributed by atoms with E-state index in [1.807, 2.05) is 0 Å². The van der Waals surface area contributed by atoms with Crippen molar-refractivity contribution in [2.24, 2.45) is 11.1 Å². The number of rotatable bonds is 2. The highest BCUT2D eigenvalue weighted by molar-refractivity contribution is 5.90. The second-order valence-electron chi connectivity index (χ2n) is 8.11. The van der Waals surface area contributed by atoms with Crippen LogP contribution in [0.25, 0.3) is 22.4 Å². The van der Waals surface area contributed by atoms with Crippen LogP contribution in [0.5, 0.6) is 0 Å². The third kappa shape index (κ3) is 2.87. The molecule has 1 aliphatic heterocycles. The van der Waals surface area contributed by atoms with Crippen LogP contribution in [0.15, 0.2) is 18.5 Å². The SMILES string of the molecule is N#Cc1cnc(N)cc1-c1n[nH]c2nc(N3CCC4(CCC[C@H]4N)CC3)cnc12. The van der Waals surface area contributed by atoms with Gasteiger partial charge in [0.1, 0.15) is 28.9 Å². The molecular formula is C20H23N9. The summed E-state index contributed by atoms with van der Waals surface area (Å²) < 4.78 is 0. The van der Waals surface area contributed by atoms with Crippen LogP contribution in [-0.4, -0.2) is 44.3 Å². The average molecular weight is 389 g/mol. The maximum absolute atomic E-state index is 9.38. The van der Waals surface area contributed by atoms with Gasteiger partial charge in [-0.05, 0) is 37.2 Å². The van der Waals surface area contributed by atoms with Gasteiger partial charge in [-0.2, -0.15) is 10.4 Å². The molecule has 1 spiro atoms. The summed E-state index contributed by atoms with van der Waals surface area (Å²) in [6.45, 7) is 1.88. The number of aromatic nitrogens is 5. The van der Waals surface area contributed by atoms with Crippen molar-refractivity contribution in [2.75, 3.05) is 23.7 Å². The molecule has 0 aromatic carbocycles. The van der Waals surface area contributed by atoms with Gasteiger partial charge in [0, 0.05) is 30.9 Å². The summed E-state index contributed by atoms with van der Waals surface area (Å²) >= 11 is 0. The fourth-order valence-electron chi connectivity index (χ4n) is 4.86. The van der Waals surface area contributed by atoms with E-state index in [0.29, 0.717) is 45.3 Å². The third-order valence-electron chi connectivity index (χ3n) is 6.62. The number of nitrogens with two attached hydrogens (primary N) is 2. The largest absolute Gasteiger partial charge is 0.384 e. The number of piperidine rings is 1. The Balaban J connectivity index is 1.43. The lowest BCUT2D eigenvalue weighted by atomic mass is 9.74. The maximum atomic E-state index is 9.38. The number of nitrogens with zero attached hydrogens (tertiary/aromatic N) is 6. The first-order valence-corrected chi connectivity index (χ1v) is 9.97.